The Bertz CT molecular complexity index is 997. The van der Waals surface area contributed by atoms with Gasteiger partial charge in [0, 0.05) is 36.5 Å². The van der Waals surface area contributed by atoms with Gasteiger partial charge in [0.1, 0.15) is 0 Å². The highest BCUT2D eigenvalue weighted by Crippen LogP contribution is 2.22. The molecule has 1 N–H and O–H groups in total. The lowest BCUT2D eigenvalue weighted by Crippen LogP contribution is -2.27. The quantitative estimate of drug-likeness (QED) is 0.432. The van der Waals surface area contributed by atoms with E-state index in [2.05, 4.69) is 5.32 Å². The zero-order chi connectivity index (χ0) is 20.3. The molecule has 8 nitrogen and oxygen atoms in total. The van der Waals surface area contributed by atoms with Crippen LogP contribution in [0.5, 0.6) is 0 Å². The molecule has 0 radical (unpaired) electrons. The first-order valence-corrected chi connectivity index (χ1v) is 10.4. The second-order valence-electron chi connectivity index (χ2n) is 6.67. The molecular formula is C19H21N3O5S. The van der Waals surface area contributed by atoms with E-state index in [1.54, 1.807) is 13.0 Å². The molecule has 0 amide bonds. The minimum absolute atomic E-state index is 0.00310. The van der Waals surface area contributed by atoms with Gasteiger partial charge < -0.3 is 5.32 Å². The van der Waals surface area contributed by atoms with Gasteiger partial charge in [0.05, 0.1) is 16.4 Å². The van der Waals surface area contributed by atoms with Crippen molar-refractivity contribution in [2.24, 2.45) is 0 Å². The second kappa shape index (κ2) is 8.07. The van der Waals surface area contributed by atoms with Crippen LogP contribution in [0.2, 0.25) is 0 Å². The molecule has 0 bridgehead atoms. The summed E-state index contributed by atoms with van der Waals surface area (Å²) in [6.07, 6.45) is 1.73. The molecule has 0 aromatic heterocycles. The Morgan fingerprint density at radius 3 is 2.36 bits per heavy atom. The number of ketones is 1. The van der Waals surface area contributed by atoms with Crippen LogP contribution in [0, 0.1) is 17.0 Å². The van der Waals surface area contributed by atoms with Gasteiger partial charge in [-0.1, -0.05) is 0 Å². The molecule has 9 heteroatoms. The Kier molecular flexibility index (Phi) is 5.76. The van der Waals surface area contributed by atoms with Crippen LogP contribution in [0.25, 0.3) is 0 Å². The van der Waals surface area contributed by atoms with Crippen LogP contribution in [-0.4, -0.2) is 43.1 Å². The zero-order valence-electron chi connectivity index (χ0n) is 15.4. The fraction of sp³-hybridized carbons (Fsp3) is 0.316. The maximum atomic E-state index is 12.5. The fourth-order valence-electron chi connectivity index (χ4n) is 3.13. The molecule has 0 aliphatic carbocycles. The normalized spacial score (nSPS) is 14.8. The Labute approximate surface area is 163 Å². The number of aryl methyl sites for hydroxylation is 1. The number of carbonyl (C=O) groups excluding carboxylic acids is 1. The van der Waals surface area contributed by atoms with Crippen molar-refractivity contribution in [2.75, 3.05) is 25.0 Å². The number of benzene rings is 2. The van der Waals surface area contributed by atoms with Crippen LogP contribution >= 0.6 is 0 Å². The summed E-state index contributed by atoms with van der Waals surface area (Å²) in [6.45, 7) is 2.78. The molecule has 1 heterocycles. The van der Waals surface area contributed by atoms with Crippen LogP contribution < -0.4 is 5.32 Å². The van der Waals surface area contributed by atoms with Gasteiger partial charge in [-0.3, -0.25) is 14.9 Å². The molecule has 0 spiro atoms. The lowest BCUT2D eigenvalue weighted by atomic mass is 10.1. The second-order valence-corrected chi connectivity index (χ2v) is 8.61. The maximum Gasteiger partial charge on any atom is 0.269 e. The van der Waals surface area contributed by atoms with Crippen molar-refractivity contribution >= 4 is 27.2 Å². The van der Waals surface area contributed by atoms with E-state index in [4.69, 9.17) is 0 Å². The van der Waals surface area contributed by atoms with Crippen LogP contribution in [0.1, 0.15) is 28.8 Å². The van der Waals surface area contributed by atoms with Gasteiger partial charge in [-0.2, -0.15) is 4.31 Å². The van der Waals surface area contributed by atoms with Crippen LogP contribution in [0.4, 0.5) is 11.4 Å². The molecule has 1 aliphatic rings. The Hall–Kier alpha value is -2.78. The van der Waals surface area contributed by atoms with Crippen molar-refractivity contribution in [2.45, 2.75) is 24.7 Å². The van der Waals surface area contributed by atoms with Gasteiger partial charge >= 0.3 is 0 Å². The van der Waals surface area contributed by atoms with E-state index in [1.807, 2.05) is 0 Å². The number of nitro benzene ring substituents is 1. The highest BCUT2D eigenvalue weighted by atomic mass is 32.2. The van der Waals surface area contributed by atoms with Crippen molar-refractivity contribution in [1.82, 2.24) is 4.31 Å². The summed E-state index contributed by atoms with van der Waals surface area (Å²) < 4.78 is 26.5. The molecular weight excluding hydrogens is 382 g/mol. The summed E-state index contributed by atoms with van der Waals surface area (Å²) in [6, 6.07) is 10.3. The minimum atomic E-state index is -3.50. The van der Waals surface area contributed by atoms with Crippen LogP contribution in [0.3, 0.4) is 0 Å². The molecule has 148 valence electrons. The van der Waals surface area contributed by atoms with E-state index in [0.29, 0.717) is 29.9 Å². The molecule has 1 fully saturated rings. The SMILES string of the molecule is Cc1cc([N+](=O)[O-])ccc1NCC(=O)c1ccc(S(=O)(=O)N2CCCC2)cc1. The predicted octanol–water partition coefficient (Wildman–Crippen LogP) is 2.98. The third-order valence-electron chi connectivity index (χ3n) is 4.74. The van der Waals surface area contributed by atoms with Gasteiger partial charge in [0.25, 0.3) is 5.69 Å². The first kappa shape index (κ1) is 20.0. The summed E-state index contributed by atoms with van der Waals surface area (Å²) in [7, 11) is -3.50. The monoisotopic (exact) mass is 403 g/mol. The first-order chi connectivity index (χ1) is 13.3. The number of non-ortho nitro benzene ring substituents is 1. The van der Waals surface area contributed by atoms with E-state index < -0.39 is 14.9 Å². The van der Waals surface area contributed by atoms with Crippen molar-refractivity contribution in [3.63, 3.8) is 0 Å². The molecule has 2 aromatic rings. The molecule has 1 aliphatic heterocycles. The number of anilines is 1. The van der Waals surface area contributed by atoms with Crippen LogP contribution in [0.15, 0.2) is 47.4 Å². The summed E-state index contributed by atoms with van der Waals surface area (Å²) in [5.41, 5.74) is 1.68. The molecule has 28 heavy (non-hydrogen) atoms. The number of Topliss-reactive ketones (excluding diaryl/α,β-unsaturated/α-hetero) is 1. The van der Waals surface area contributed by atoms with Gasteiger partial charge in [-0.15, -0.1) is 0 Å². The smallest absolute Gasteiger partial charge is 0.269 e. The molecule has 1 saturated heterocycles. The number of rotatable bonds is 7. The topological polar surface area (TPSA) is 110 Å². The predicted molar refractivity (Wildman–Crippen MR) is 105 cm³/mol. The van der Waals surface area contributed by atoms with Gasteiger partial charge in [-0.05, 0) is 55.7 Å². The van der Waals surface area contributed by atoms with Gasteiger partial charge in [-0.25, -0.2) is 8.42 Å². The molecule has 2 aromatic carbocycles. The Morgan fingerprint density at radius 1 is 1.14 bits per heavy atom. The summed E-state index contributed by atoms with van der Waals surface area (Å²) in [5, 5.41) is 13.8. The van der Waals surface area contributed by atoms with Gasteiger partial charge in [0.15, 0.2) is 5.78 Å². The number of nitro groups is 1. The number of sulfonamides is 1. The van der Waals surface area contributed by atoms with Crippen molar-refractivity contribution in [1.29, 1.82) is 0 Å². The standard InChI is InChI=1S/C19H21N3O5S/c1-14-12-16(22(24)25)6-9-18(14)20-13-19(23)15-4-7-17(8-5-15)28(26,27)21-10-2-3-11-21/h4-9,12,20H,2-3,10-11,13H2,1H3. The van der Waals surface area contributed by atoms with Crippen molar-refractivity contribution in [3.8, 4) is 0 Å². The third kappa shape index (κ3) is 4.20. The van der Waals surface area contributed by atoms with E-state index in [0.717, 1.165) is 12.8 Å². The number of carbonyl (C=O) groups is 1. The fourth-order valence-corrected chi connectivity index (χ4v) is 4.64. The average molecular weight is 403 g/mol. The molecule has 3 rings (SSSR count). The van der Waals surface area contributed by atoms with E-state index in [-0.39, 0.29) is 22.9 Å². The molecule has 0 unspecified atom stereocenters. The van der Waals surface area contributed by atoms with E-state index in [9.17, 15) is 23.3 Å². The Morgan fingerprint density at radius 2 is 1.79 bits per heavy atom. The molecule has 0 saturated carbocycles. The summed E-state index contributed by atoms with van der Waals surface area (Å²) >= 11 is 0. The summed E-state index contributed by atoms with van der Waals surface area (Å²) in [4.78, 5) is 22.9. The minimum Gasteiger partial charge on any atom is -0.377 e. The van der Waals surface area contributed by atoms with Crippen molar-refractivity contribution < 1.29 is 18.1 Å². The summed E-state index contributed by atoms with van der Waals surface area (Å²) in [5.74, 6) is -0.206. The zero-order valence-corrected chi connectivity index (χ0v) is 16.2. The first-order valence-electron chi connectivity index (χ1n) is 8.91. The third-order valence-corrected chi connectivity index (χ3v) is 6.65. The highest BCUT2D eigenvalue weighted by Gasteiger charge is 2.27. The van der Waals surface area contributed by atoms with Gasteiger partial charge in [0.2, 0.25) is 10.0 Å². The highest BCUT2D eigenvalue weighted by molar-refractivity contribution is 7.89. The lowest BCUT2D eigenvalue weighted by molar-refractivity contribution is -0.384. The lowest BCUT2D eigenvalue weighted by Gasteiger charge is -2.15. The maximum absolute atomic E-state index is 12.5. The van der Waals surface area contributed by atoms with E-state index in [1.165, 1.54) is 40.7 Å². The number of nitrogens with one attached hydrogen (secondary N) is 1. The largest absolute Gasteiger partial charge is 0.377 e. The van der Waals surface area contributed by atoms with Crippen molar-refractivity contribution in [3.05, 3.63) is 63.7 Å². The molecule has 0 atom stereocenters. The average Bonchev–Trinajstić information content (AvgIpc) is 3.22. The number of hydrogen-bond donors (Lipinski definition) is 1. The van der Waals surface area contributed by atoms with Crippen LogP contribution in [-0.2, 0) is 10.0 Å². The Balaban J connectivity index is 1.66. The number of hydrogen-bond acceptors (Lipinski definition) is 6. The van der Waals surface area contributed by atoms with E-state index >= 15 is 0 Å². The number of nitrogens with zero attached hydrogens (tertiary/aromatic N) is 2.